The lowest BCUT2D eigenvalue weighted by atomic mass is 9.74. The van der Waals surface area contributed by atoms with Crippen LogP contribution in [-0.2, 0) is 25.4 Å². The van der Waals surface area contributed by atoms with E-state index in [0.717, 1.165) is 5.69 Å². The van der Waals surface area contributed by atoms with Crippen LogP contribution in [0.1, 0.15) is 23.7 Å². The molecule has 11 nitrogen and oxygen atoms in total. The van der Waals surface area contributed by atoms with Gasteiger partial charge in [-0.3, -0.25) is 9.59 Å². The zero-order valence-electron chi connectivity index (χ0n) is 20.5. The molecule has 0 spiro atoms. The maximum Gasteiger partial charge on any atom is 0.253 e. The number of aromatic nitrogens is 1. The van der Waals surface area contributed by atoms with Crippen molar-refractivity contribution in [1.29, 1.82) is 0 Å². The SMILES string of the molecule is C=C[C@H]1[C@H](O[C@@H]2O[C@H](CO)[C@@H](O)[C@H](O)[C@H]2O)OC=C2C(=O)N3CCc4c([nH]c5ccccc5c4=O)[C@H]3C[C@H]21. The van der Waals surface area contributed by atoms with Gasteiger partial charge in [-0.2, -0.15) is 0 Å². The minimum atomic E-state index is -1.60. The number of benzene rings is 1. The number of nitrogens with zero attached hydrogens (tertiary/aromatic N) is 1. The number of carbonyl (C=O) groups excluding carboxylic acids is 1. The van der Waals surface area contributed by atoms with E-state index in [-0.39, 0.29) is 23.3 Å². The summed E-state index contributed by atoms with van der Waals surface area (Å²) in [5, 5.41) is 40.7. The average molecular weight is 527 g/mol. The lowest BCUT2D eigenvalue weighted by Crippen LogP contribution is -2.60. The molecule has 5 N–H and O–H groups in total. The Morgan fingerprint density at radius 1 is 1.13 bits per heavy atom. The summed E-state index contributed by atoms with van der Waals surface area (Å²) in [4.78, 5) is 32.0. The first-order chi connectivity index (χ1) is 18.3. The molecule has 1 aromatic heterocycles. The fourth-order valence-corrected chi connectivity index (χ4v) is 6.19. The molecule has 5 heterocycles. The van der Waals surface area contributed by atoms with Crippen LogP contribution in [0.3, 0.4) is 0 Å². The third kappa shape index (κ3) is 3.81. The third-order valence-corrected chi connectivity index (χ3v) is 8.23. The number of fused-ring (bicyclic) bond motifs is 5. The highest BCUT2D eigenvalue weighted by atomic mass is 16.8. The molecule has 4 aliphatic heterocycles. The van der Waals surface area contributed by atoms with E-state index in [1.807, 2.05) is 18.2 Å². The molecule has 202 valence electrons. The number of ether oxygens (including phenoxy) is 3. The first-order valence-corrected chi connectivity index (χ1v) is 12.7. The number of pyridine rings is 1. The molecule has 0 radical (unpaired) electrons. The van der Waals surface area contributed by atoms with E-state index in [1.54, 1.807) is 17.0 Å². The van der Waals surface area contributed by atoms with Gasteiger partial charge in [0.1, 0.15) is 24.4 Å². The van der Waals surface area contributed by atoms with Crippen molar-refractivity contribution in [2.75, 3.05) is 13.2 Å². The van der Waals surface area contributed by atoms with E-state index in [4.69, 9.17) is 14.2 Å². The maximum atomic E-state index is 13.6. The second-order valence-corrected chi connectivity index (χ2v) is 10.2. The topological polar surface area (TPSA) is 162 Å². The van der Waals surface area contributed by atoms with Crippen molar-refractivity contribution in [2.45, 2.75) is 55.9 Å². The average Bonchev–Trinajstić information content (AvgIpc) is 2.93. The molecule has 2 fully saturated rings. The second kappa shape index (κ2) is 9.60. The molecule has 4 aliphatic rings. The summed E-state index contributed by atoms with van der Waals surface area (Å²) in [7, 11) is 0. The monoisotopic (exact) mass is 526 g/mol. The molecule has 2 saturated heterocycles. The number of rotatable bonds is 4. The molecule has 2 aromatic rings. The molecule has 1 aromatic carbocycles. The Balaban J connectivity index is 1.31. The summed E-state index contributed by atoms with van der Waals surface area (Å²) in [6, 6.07) is 6.95. The van der Waals surface area contributed by atoms with Gasteiger partial charge in [0.2, 0.25) is 6.29 Å². The summed E-state index contributed by atoms with van der Waals surface area (Å²) < 4.78 is 17.1. The summed E-state index contributed by atoms with van der Waals surface area (Å²) in [6.45, 7) is 3.74. The largest absolute Gasteiger partial charge is 0.471 e. The zero-order valence-corrected chi connectivity index (χ0v) is 20.5. The number of para-hydroxylation sites is 1. The quantitative estimate of drug-likeness (QED) is 0.341. The fraction of sp³-hybridized carbons (Fsp3) is 0.481. The van der Waals surface area contributed by atoms with Crippen LogP contribution in [0.15, 0.2) is 53.6 Å². The first kappa shape index (κ1) is 25.2. The van der Waals surface area contributed by atoms with Crippen LogP contribution in [0.5, 0.6) is 0 Å². The van der Waals surface area contributed by atoms with Crippen molar-refractivity contribution in [1.82, 2.24) is 9.88 Å². The molecule has 38 heavy (non-hydrogen) atoms. The Bertz CT molecular complexity index is 1350. The van der Waals surface area contributed by atoms with Crippen molar-refractivity contribution in [3.8, 4) is 0 Å². The molecule has 0 bridgehead atoms. The van der Waals surface area contributed by atoms with Crippen LogP contribution in [0.25, 0.3) is 10.9 Å². The van der Waals surface area contributed by atoms with Gasteiger partial charge >= 0.3 is 0 Å². The van der Waals surface area contributed by atoms with Crippen LogP contribution >= 0.6 is 0 Å². The summed E-state index contributed by atoms with van der Waals surface area (Å²) in [5.41, 5.74) is 2.56. The van der Waals surface area contributed by atoms with Gasteiger partial charge in [-0.05, 0) is 25.0 Å². The van der Waals surface area contributed by atoms with Crippen LogP contribution in [0, 0.1) is 11.8 Å². The first-order valence-electron chi connectivity index (χ1n) is 12.7. The minimum absolute atomic E-state index is 0.0288. The van der Waals surface area contributed by atoms with E-state index < -0.39 is 49.5 Å². The summed E-state index contributed by atoms with van der Waals surface area (Å²) >= 11 is 0. The number of aliphatic hydroxyl groups is 4. The molecule has 11 heteroatoms. The number of hydrogen-bond donors (Lipinski definition) is 5. The Labute approximate surface area is 217 Å². The van der Waals surface area contributed by atoms with Gasteiger partial charge in [0.05, 0.1) is 24.5 Å². The van der Waals surface area contributed by atoms with Crippen LogP contribution in [0.4, 0.5) is 0 Å². The molecule has 0 saturated carbocycles. The summed E-state index contributed by atoms with van der Waals surface area (Å²) in [6.07, 6.45) is -4.38. The summed E-state index contributed by atoms with van der Waals surface area (Å²) in [5.74, 6) is -1.10. The van der Waals surface area contributed by atoms with Crippen LogP contribution < -0.4 is 5.43 Å². The van der Waals surface area contributed by atoms with E-state index in [1.165, 1.54) is 6.26 Å². The van der Waals surface area contributed by atoms with Gasteiger partial charge in [-0.1, -0.05) is 18.2 Å². The normalized spacial score (nSPS) is 36.5. The van der Waals surface area contributed by atoms with E-state index in [2.05, 4.69) is 11.6 Å². The van der Waals surface area contributed by atoms with E-state index in [0.29, 0.717) is 41.4 Å². The number of nitrogens with one attached hydrogen (secondary N) is 1. The highest BCUT2D eigenvalue weighted by molar-refractivity contribution is 5.95. The standard InChI is InChI=1S/C27H30N2O9/c1-2-12-15-9-18-20-14(21(31)13-5-3-4-6-17(13)28-20)7-8-29(18)25(35)16(15)11-36-26(12)38-27-24(34)23(33)22(32)19(10-30)37-27/h2-6,11-12,15,18-19,22-24,26-27,30,32-34H,1,7-10H2,(H,28,31)/t12-,15+,18-,19-,22-,23+,24-,26+,27+/m1/s1. The number of piperidine rings is 1. The predicted octanol–water partition coefficient (Wildman–Crippen LogP) is -0.167. The van der Waals surface area contributed by atoms with Gasteiger partial charge in [0.15, 0.2) is 11.7 Å². The van der Waals surface area contributed by atoms with Gasteiger partial charge in [-0.15, -0.1) is 6.58 Å². The van der Waals surface area contributed by atoms with Crippen LogP contribution in [-0.4, -0.2) is 86.4 Å². The third-order valence-electron chi connectivity index (χ3n) is 8.23. The molecule has 9 atom stereocenters. The number of H-pyrrole nitrogens is 1. The molecule has 0 unspecified atom stereocenters. The smallest absolute Gasteiger partial charge is 0.253 e. The molecule has 1 amide bonds. The van der Waals surface area contributed by atoms with E-state index >= 15 is 0 Å². The van der Waals surface area contributed by atoms with Gasteiger partial charge in [-0.25, -0.2) is 0 Å². The van der Waals surface area contributed by atoms with Crippen molar-refractivity contribution >= 4 is 16.8 Å². The zero-order chi connectivity index (χ0) is 26.7. The Kier molecular flexibility index (Phi) is 6.37. The molecular weight excluding hydrogens is 496 g/mol. The predicted molar refractivity (Wildman–Crippen MR) is 132 cm³/mol. The Morgan fingerprint density at radius 3 is 2.68 bits per heavy atom. The molecule has 0 aliphatic carbocycles. The number of carbonyl (C=O) groups is 1. The number of aliphatic hydroxyl groups excluding tert-OH is 4. The maximum absolute atomic E-state index is 13.6. The van der Waals surface area contributed by atoms with Crippen LogP contribution in [0.2, 0.25) is 0 Å². The second-order valence-electron chi connectivity index (χ2n) is 10.2. The molecule has 6 rings (SSSR count). The molecular formula is C27H30N2O9. The lowest BCUT2D eigenvalue weighted by molar-refractivity contribution is -0.339. The van der Waals surface area contributed by atoms with Crippen molar-refractivity contribution in [3.05, 3.63) is 70.2 Å². The fourth-order valence-electron chi connectivity index (χ4n) is 6.19. The lowest BCUT2D eigenvalue weighted by Gasteiger charge is -2.48. The number of amides is 1. The van der Waals surface area contributed by atoms with Crippen molar-refractivity contribution in [2.24, 2.45) is 11.8 Å². The van der Waals surface area contributed by atoms with Gasteiger partial charge in [0.25, 0.3) is 5.91 Å². The Hall–Kier alpha value is -3.06. The number of hydrogen-bond acceptors (Lipinski definition) is 9. The van der Waals surface area contributed by atoms with E-state index in [9.17, 15) is 30.0 Å². The van der Waals surface area contributed by atoms with Gasteiger partial charge < -0.3 is 44.5 Å². The van der Waals surface area contributed by atoms with Crippen molar-refractivity contribution in [3.63, 3.8) is 0 Å². The Morgan fingerprint density at radius 2 is 1.92 bits per heavy atom. The van der Waals surface area contributed by atoms with Crippen molar-refractivity contribution < 1.29 is 39.4 Å². The minimum Gasteiger partial charge on any atom is -0.471 e. The highest BCUT2D eigenvalue weighted by Gasteiger charge is 2.51. The highest BCUT2D eigenvalue weighted by Crippen LogP contribution is 2.47. The van der Waals surface area contributed by atoms with Gasteiger partial charge in [0, 0.05) is 40.5 Å². The number of aromatic amines is 1.